The highest BCUT2D eigenvalue weighted by molar-refractivity contribution is 5.49. The van der Waals surface area contributed by atoms with E-state index in [0.29, 0.717) is 13.2 Å². The average Bonchev–Trinajstić information content (AvgIpc) is 2.82. The molecule has 0 spiro atoms. The van der Waals surface area contributed by atoms with Crippen LogP contribution in [0.25, 0.3) is 6.08 Å². The fraction of sp³-hybridized carbons (Fsp3) is 0.467. The van der Waals surface area contributed by atoms with Gasteiger partial charge in [-0.2, -0.15) is 0 Å². The van der Waals surface area contributed by atoms with Crippen molar-refractivity contribution in [2.45, 2.75) is 71.8 Å². The molecule has 31 heavy (non-hydrogen) atoms. The Morgan fingerprint density at radius 3 is 1.74 bits per heavy atom. The Labute approximate surface area is 190 Å². The first-order valence-electron chi connectivity index (χ1n) is 12.2. The molecular weight excluding hydrogens is 376 g/mol. The number of benzene rings is 2. The van der Waals surface area contributed by atoms with E-state index in [1.165, 1.54) is 73.6 Å². The summed E-state index contributed by atoms with van der Waals surface area (Å²) in [6.45, 7) is 5.50. The molecule has 166 valence electrons. The van der Waals surface area contributed by atoms with Crippen molar-refractivity contribution in [1.29, 1.82) is 0 Å². The van der Waals surface area contributed by atoms with Crippen LogP contribution in [0.1, 0.15) is 74.6 Å². The zero-order chi connectivity index (χ0) is 21.7. The summed E-state index contributed by atoms with van der Waals surface area (Å²) in [7, 11) is 0. The van der Waals surface area contributed by atoms with Crippen LogP contribution in [0.5, 0.6) is 0 Å². The van der Waals surface area contributed by atoms with Crippen molar-refractivity contribution in [3.05, 3.63) is 89.0 Å². The van der Waals surface area contributed by atoms with E-state index in [0.717, 1.165) is 11.8 Å². The van der Waals surface area contributed by atoms with E-state index >= 15 is 0 Å². The predicted molar refractivity (Wildman–Crippen MR) is 134 cm³/mol. The van der Waals surface area contributed by atoms with Crippen molar-refractivity contribution in [2.75, 3.05) is 6.61 Å². The highest BCUT2D eigenvalue weighted by atomic mass is 16.5. The molecule has 0 atom stereocenters. The van der Waals surface area contributed by atoms with Crippen molar-refractivity contribution in [3.8, 4) is 0 Å². The first-order valence-corrected chi connectivity index (χ1v) is 12.2. The fourth-order valence-corrected chi connectivity index (χ4v) is 4.68. The summed E-state index contributed by atoms with van der Waals surface area (Å²) in [4.78, 5) is 0. The van der Waals surface area contributed by atoms with Gasteiger partial charge in [-0.3, -0.25) is 0 Å². The number of aryl methyl sites for hydroxylation is 2. The lowest BCUT2D eigenvalue weighted by atomic mass is 9.77. The Morgan fingerprint density at radius 2 is 1.23 bits per heavy atom. The van der Waals surface area contributed by atoms with Gasteiger partial charge >= 0.3 is 0 Å². The molecule has 1 nitrogen and oxygen atoms in total. The van der Waals surface area contributed by atoms with Gasteiger partial charge in [-0.05, 0) is 73.6 Å². The minimum absolute atomic E-state index is 0.698. The maximum atomic E-state index is 5.64. The molecule has 0 N–H and O–H groups in total. The second-order valence-electron chi connectivity index (χ2n) is 9.11. The molecule has 0 amide bonds. The Bertz CT molecular complexity index is 789. The number of allylic oxidation sites excluding steroid dienone is 2. The fourth-order valence-electron chi connectivity index (χ4n) is 4.68. The first-order chi connectivity index (χ1) is 15.3. The molecular formula is C30H40O. The van der Waals surface area contributed by atoms with Crippen molar-refractivity contribution in [3.63, 3.8) is 0 Å². The minimum atomic E-state index is 0.698. The summed E-state index contributed by atoms with van der Waals surface area (Å²) in [5, 5.41) is 0. The second kappa shape index (κ2) is 13.3. The van der Waals surface area contributed by atoms with Crippen molar-refractivity contribution < 1.29 is 4.74 Å². The van der Waals surface area contributed by atoms with Crippen LogP contribution in [0.2, 0.25) is 0 Å². The highest BCUT2D eigenvalue weighted by Gasteiger charge is 2.20. The van der Waals surface area contributed by atoms with Crippen LogP contribution < -0.4 is 0 Å². The number of ether oxygens (including phenoxy) is 1. The summed E-state index contributed by atoms with van der Waals surface area (Å²) >= 11 is 0. The van der Waals surface area contributed by atoms with Gasteiger partial charge in [-0.15, -0.1) is 0 Å². The zero-order valence-electron chi connectivity index (χ0n) is 19.6. The SMILES string of the molecule is CC=CCOCc1ccc(CC[C@H]2CC[C@H](CCc3ccc(C=CC)cc3)CC2)cc1. The molecule has 2 aromatic rings. The lowest BCUT2D eigenvalue weighted by Gasteiger charge is -2.28. The number of rotatable bonds is 11. The second-order valence-corrected chi connectivity index (χ2v) is 9.11. The largest absolute Gasteiger partial charge is 0.373 e. The van der Waals surface area contributed by atoms with Crippen molar-refractivity contribution >= 4 is 6.08 Å². The number of hydrogen-bond acceptors (Lipinski definition) is 1. The summed E-state index contributed by atoms with van der Waals surface area (Å²) in [6, 6.07) is 18.1. The van der Waals surface area contributed by atoms with Gasteiger partial charge in [0.25, 0.3) is 0 Å². The Morgan fingerprint density at radius 1 is 0.710 bits per heavy atom. The van der Waals surface area contributed by atoms with Crippen LogP contribution in [-0.2, 0) is 24.2 Å². The molecule has 0 radical (unpaired) electrons. The van der Waals surface area contributed by atoms with Gasteiger partial charge in [0.15, 0.2) is 0 Å². The van der Waals surface area contributed by atoms with Gasteiger partial charge in [0, 0.05) is 0 Å². The van der Waals surface area contributed by atoms with Gasteiger partial charge < -0.3 is 4.74 Å². The van der Waals surface area contributed by atoms with E-state index in [2.05, 4.69) is 67.6 Å². The predicted octanol–water partition coefficient (Wildman–Crippen LogP) is 8.18. The van der Waals surface area contributed by atoms with Crippen LogP contribution >= 0.6 is 0 Å². The molecule has 0 bridgehead atoms. The standard InChI is InChI=1S/C30H40O/c1-3-5-23-31-24-30-21-19-29(20-22-30)18-17-28-15-13-27(14-16-28)12-11-26-9-7-25(6-4-2)8-10-26/h3-10,19-22,27-28H,11-18,23-24H2,1-2H3/t27-,28-. The van der Waals surface area contributed by atoms with Gasteiger partial charge in [0.2, 0.25) is 0 Å². The lowest BCUT2D eigenvalue weighted by molar-refractivity contribution is 0.148. The van der Waals surface area contributed by atoms with Crippen LogP contribution in [0.4, 0.5) is 0 Å². The molecule has 1 fully saturated rings. The molecule has 1 aliphatic carbocycles. The van der Waals surface area contributed by atoms with Gasteiger partial charge in [0.1, 0.15) is 0 Å². The quantitative estimate of drug-likeness (QED) is 0.265. The van der Waals surface area contributed by atoms with Crippen molar-refractivity contribution in [1.82, 2.24) is 0 Å². The topological polar surface area (TPSA) is 9.23 Å². The van der Waals surface area contributed by atoms with Gasteiger partial charge in [0.05, 0.1) is 13.2 Å². The van der Waals surface area contributed by atoms with Gasteiger partial charge in [-0.25, -0.2) is 0 Å². The zero-order valence-corrected chi connectivity index (χ0v) is 19.6. The first kappa shape index (κ1) is 23.5. The van der Waals surface area contributed by atoms with Crippen molar-refractivity contribution in [2.24, 2.45) is 11.8 Å². The maximum Gasteiger partial charge on any atom is 0.0721 e. The smallest absolute Gasteiger partial charge is 0.0721 e. The summed E-state index contributed by atoms with van der Waals surface area (Å²) < 4.78 is 5.64. The molecule has 0 aliphatic heterocycles. The Balaban J connectivity index is 1.32. The third kappa shape index (κ3) is 8.50. The van der Waals surface area contributed by atoms with Crippen LogP contribution in [0, 0.1) is 11.8 Å². The molecule has 0 heterocycles. The summed E-state index contributed by atoms with van der Waals surface area (Å²) in [6.07, 6.45) is 19.2. The van der Waals surface area contributed by atoms with Crippen LogP contribution in [0.3, 0.4) is 0 Å². The maximum absolute atomic E-state index is 5.64. The lowest BCUT2D eigenvalue weighted by Crippen LogP contribution is -2.15. The minimum Gasteiger partial charge on any atom is -0.373 e. The molecule has 0 aromatic heterocycles. The van der Waals surface area contributed by atoms with Crippen LogP contribution in [-0.4, -0.2) is 6.61 Å². The third-order valence-electron chi connectivity index (χ3n) is 6.73. The van der Waals surface area contributed by atoms with E-state index in [1.54, 1.807) is 0 Å². The molecule has 3 rings (SSSR count). The number of hydrogen-bond donors (Lipinski definition) is 0. The average molecular weight is 417 g/mol. The molecule has 2 aromatic carbocycles. The summed E-state index contributed by atoms with van der Waals surface area (Å²) in [5.74, 6) is 1.84. The Kier molecular flexibility index (Phi) is 10.1. The molecule has 0 saturated heterocycles. The van der Waals surface area contributed by atoms with E-state index in [-0.39, 0.29) is 0 Å². The normalized spacial score (nSPS) is 19.4. The summed E-state index contributed by atoms with van der Waals surface area (Å²) in [5.41, 5.74) is 5.54. The molecule has 0 unspecified atom stereocenters. The van der Waals surface area contributed by atoms with E-state index in [9.17, 15) is 0 Å². The highest BCUT2D eigenvalue weighted by Crippen LogP contribution is 2.34. The van der Waals surface area contributed by atoms with Gasteiger partial charge in [-0.1, -0.05) is 98.5 Å². The molecule has 1 aliphatic rings. The van der Waals surface area contributed by atoms with E-state index in [1.807, 2.05) is 19.1 Å². The third-order valence-corrected chi connectivity index (χ3v) is 6.73. The molecule has 1 saturated carbocycles. The monoisotopic (exact) mass is 416 g/mol. The van der Waals surface area contributed by atoms with E-state index < -0.39 is 0 Å². The van der Waals surface area contributed by atoms with Crippen LogP contribution in [0.15, 0.2) is 66.8 Å². The van der Waals surface area contributed by atoms with E-state index in [4.69, 9.17) is 4.74 Å². The molecule has 1 heteroatoms. The Hall–Kier alpha value is -2.12.